The molecule has 118 valence electrons. The van der Waals surface area contributed by atoms with E-state index in [0.717, 1.165) is 24.9 Å². The Labute approximate surface area is 137 Å². The van der Waals surface area contributed by atoms with Crippen molar-refractivity contribution in [3.63, 3.8) is 0 Å². The fraction of sp³-hybridized carbons (Fsp3) is 0.250. The van der Waals surface area contributed by atoms with Crippen molar-refractivity contribution in [3.8, 4) is 0 Å². The van der Waals surface area contributed by atoms with Gasteiger partial charge >= 0.3 is 5.97 Å². The van der Waals surface area contributed by atoms with Crippen molar-refractivity contribution in [1.29, 1.82) is 0 Å². The van der Waals surface area contributed by atoms with Crippen molar-refractivity contribution in [3.05, 3.63) is 83.6 Å². The lowest BCUT2D eigenvalue weighted by Gasteiger charge is -2.27. The molecular weight excluding hydrogens is 286 g/mol. The summed E-state index contributed by atoms with van der Waals surface area (Å²) in [6.45, 7) is 2.33. The Bertz CT molecular complexity index is 679. The van der Waals surface area contributed by atoms with Gasteiger partial charge in [-0.05, 0) is 24.0 Å². The zero-order valence-electron chi connectivity index (χ0n) is 13.3. The summed E-state index contributed by atoms with van der Waals surface area (Å²) < 4.78 is 5.56. The number of nitrogens with zero attached hydrogens (tertiary/aromatic N) is 1. The molecule has 0 radical (unpaired) electrons. The topological polar surface area (TPSA) is 29.5 Å². The number of benzene rings is 2. The highest BCUT2D eigenvalue weighted by Gasteiger charge is 2.24. The second kappa shape index (κ2) is 7.14. The number of esters is 1. The van der Waals surface area contributed by atoms with Gasteiger partial charge in [0.05, 0.1) is 0 Å². The van der Waals surface area contributed by atoms with E-state index in [4.69, 9.17) is 4.74 Å². The van der Waals surface area contributed by atoms with Crippen molar-refractivity contribution < 1.29 is 9.53 Å². The molecule has 0 saturated carbocycles. The molecule has 3 nitrogen and oxygen atoms in total. The first kappa shape index (κ1) is 15.3. The lowest BCUT2D eigenvalue weighted by atomic mass is 10.1. The largest absolute Gasteiger partial charge is 0.437 e. The van der Waals surface area contributed by atoms with E-state index in [-0.39, 0.29) is 12.2 Å². The summed E-state index contributed by atoms with van der Waals surface area (Å²) in [5.74, 6) is -0.260. The van der Waals surface area contributed by atoms with Gasteiger partial charge in [-0.1, -0.05) is 60.7 Å². The van der Waals surface area contributed by atoms with Crippen LogP contribution in [-0.4, -0.2) is 17.4 Å². The summed E-state index contributed by atoms with van der Waals surface area (Å²) in [5, 5.41) is 0. The van der Waals surface area contributed by atoms with Crippen LogP contribution in [0.25, 0.3) is 0 Å². The molecule has 0 bridgehead atoms. The van der Waals surface area contributed by atoms with E-state index in [0.29, 0.717) is 0 Å². The molecule has 3 heteroatoms. The quantitative estimate of drug-likeness (QED) is 0.780. The maximum atomic E-state index is 11.5. The third-order valence-electron chi connectivity index (χ3n) is 3.98. The first-order chi connectivity index (χ1) is 11.2. The Hall–Kier alpha value is -2.55. The minimum absolute atomic E-state index is 0.260. The lowest BCUT2D eigenvalue weighted by Crippen LogP contribution is -2.25. The van der Waals surface area contributed by atoms with Crippen LogP contribution >= 0.6 is 0 Å². The van der Waals surface area contributed by atoms with Crippen molar-refractivity contribution >= 4 is 5.97 Å². The minimum Gasteiger partial charge on any atom is -0.437 e. The van der Waals surface area contributed by atoms with E-state index in [2.05, 4.69) is 35.4 Å². The molecule has 0 amide bonds. The summed E-state index contributed by atoms with van der Waals surface area (Å²) in [4.78, 5) is 13.6. The Morgan fingerprint density at radius 1 is 1.09 bits per heavy atom. The molecule has 1 unspecified atom stereocenters. The van der Waals surface area contributed by atoms with E-state index < -0.39 is 0 Å². The van der Waals surface area contributed by atoms with Crippen LogP contribution < -0.4 is 0 Å². The molecule has 0 aromatic heterocycles. The molecule has 1 aliphatic rings. The number of carbonyl (C=O) groups is 1. The van der Waals surface area contributed by atoms with Crippen LogP contribution in [0.2, 0.25) is 0 Å². The van der Waals surface area contributed by atoms with Crippen LogP contribution in [0, 0.1) is 0 Å². The monoisotopic (exact) mass is 307 g/mol. The highest BCUT2D eigenvalue weighted by molar-refractivity contribution is 5.66. The van der Waals surface area contributed by atoms with Gasteiger partial charge in [-0.2, -0.15) is 0 Å². The molecule has 0 aliphatic carbocycles. The van der Waals surface area contributed by atoms with Gasteiger partial charge in [0.1, 0.15) is 0 Å². The second-order valence-corrected chi connectivity index (χ2v) is 5.81. The summed E-state index contributed by atoms with van der Waals surface area (Å²) >= 11 is 0. The van der Waals surface area contributed by atoms with Gasteiger partial charge in [-0.15, -0.1) is 0 Å². The Kier molecular flexibility index (Phi) is 4.77. The van der Waals surface area contributed by atoms with Crippen molar-refractivity contribution in [2.45, 2.75) is 26.0 Å². The van der Waals surface area contributed by atoms with Crippen molar-refractivity contribution in [1.82, 2.24) is 4.90 Å². The smallest absolute Gasteiger partial charge is 0.304 e. The van der Waals surface area contributed by atoms with Gasteiger partial charge in [0.25, 0.3) is 0 Å². The Morgan fingerprint density at radius 3 is 2.39 bits per heavy atom. The van der Waals surface area contributed by atoms with Crippen molar-refractivity contribution in [2.24, 2.45) is 0 Å². The van der Waals surface area contributed by atoms with Gasteiger partial charge in [0, 0.05) is 25.2 Å². The molecule has 1 atom stereocenters. The van der Waals surface area contributed by atoms with E-state index in [9.17, 15) is 4.79 Å². The zero-order chi connectivity index (χ0) is 16.1. The van der Waals surface area contributed by atoms with Crippen LogP contribution in [0.5, 0.6) is 0 Å². The average Bonchev–Trinajstić information content (AvgIpc) is 3.02. The third-order valence-corrected chi connectivity index (χ3v) is 3.98. The molecule has 0 fully saturated rings. The van der Waals surface area contributed by atoms with Crippen molar-refractivity contribution in [2.75, 3.05) is 6.54 Å². The summed E-state index contributed by atoms with van der Waals surface area (Å²) in [6.07, 6.45) is 3.74. The van der Waals surface area contributed by atoms with E-state index >= 15 is 0 Å². The van der Waals surface area contributed by atoms with Crippen LogP contribution in [0.4, 0.5) is 0 Å². The van der Waals surface area contributed by atoms with E-state index in [1.165, 1.54) is 18.1 Å². The molecule has 1 heterocycles. The molecule has 0 N–H and O–H groups in total. The number of ether oxygens (including phenoxy) is 1. The molecular formula is C20H21NO2. The minimum atomic E-state index is -0.345. The van der Waals surface area contributed by atoms with Gasteiger partial charge < -0.3 is 9.64 Å². The number of hydrogen-bond donors (Lipinski definition) is 0. The molecule has 0 saturated heterocycles. The molecule has 2 aromatic carbocycles. The third kappa shape index (κ3) is 4.01. The Balaban J connectivity index is 1.77. The number of carbonyl (C=O) groups excluding carboxylic acids is 1. The summed E-state index contributed by atoms with van der Waals surface area (Å²) in [6, 6.07) is 20.3. The molecule has 1 aliphatic heterocycles. The summed E-state index contributed by atoms with van der Waals surface area (Å²) in [7, 11) is 0. The first-order valence-corrected chi connectivity index (χ1v) is 7.94. The second-order valence-electron chi connectivity index (χ2n) is 5.81. The fourth-order valence-electron chi connectivity index (χ4n) is 2.92. The predicted octanol–water partition coefficient (Wildman–Crippen LogP) is 4.08. The predicted molar refractivity (Wildman–Crippen MR) is 90.5 cm³/mol. The van der Waals surface area contributed by atoms with Gasteiger partial charge in [-0.3, -0.25) is 4.79 Å². The highest BCUT2D eigenvalue weighted by Crippen LogP contribution is 2.29. The van der Waals surface area contributed by atoms with Crippen LogP contribution in [-0.2, 0) is 16.0 Å². The molecule has 3 rings (SSSR count). The number of hydrogen-bond acceptors (Lipinski definition) is 3. The van der Waals surface area contributed by atoms with Gasteiger partial charge in [0.2, 0.25) is 6.23 Å². The van der Waals surface area contributed by atoms with Crippen LogP contribution in [0.15, 0.2) is 72.4 Å². The molecule has 0 spiro atoms. The molecule has 23 heavy (non-hydrogen) atoms. The lowest BCUT2D eigenvalue weighted by molar-refractivity contribution is -0.154. The Morgan fingerprint density at radius 2 is 1.74 bits per heavy atom. The maximum Gasteiger partial charge on any atom is 0.304 e. The fourth-order valence-corrected chi connectivity index (χ4v) is 2.92. The standard InChI is InChI=1S/C20H21NO2/c1-16(22)23-20(19-10-6-3-7-11-19)21-13-12-18(15-21)14-17-8-4-2-5-9-17/h2-11,15,20H,12-14H2,1H3. The number of rotatable bonds is 5. The van der Waals surface area contributed by atoms with Crippen LogP contribution in [0.1, 0.15) is 30.7 Å². The maximum absolute atomic E-state index is 11.5. The van der Waals surface area contributed by atoms with Crippen LogP contribution in [0.3, 0.4) is 0 Å². The van der Waals surface area contributed by atoms with E-state index in [1.54, 1.807) is 0 Å². The normalized spacial score (nSPS) is 15.2. The SMILES string of the molecule is CC(=O)OC(c1ccccc1)N1C=C(Cc2ccccc2)CC1. The zero-order valence-corrected chi connectivity index (χ0v) is 13.3. The molecule has 2 aromatic rings. The van der Waals surface area contributed by atoms with Gasteiger partial charge in [-0.25, -0.2) is 0 Å². The highest BCUT2D eigenvalue weighted by atomic mass is 16.6. The van der Waals surface area contributed by atoms with E-state index in [1.807, 2.05) is 36.4 Å². The van der Waals surface area contributed by atoms with Gasteiger partial charge in [0.15, 0.2) is 0 Å². The summed E-state index contributed by atoms with van der Waals surface area (Å²) in [5.41, 5.74) is 3.67. The first-order valence-electron chi connectivity index (χ1n) is 7.94. The average molecular weight is 307 g/mol.